The van der Waals surface area contributed by atoms with Gasteiger partial charge >= 0.3 is 0 Å². The Kier molecular flexibility index (Phi) is 4.09. The van der Waals surface area contributed by atoms with Crippen LogP contribution in [0.5, 0.6) is 0 Å². The van der Waals surface area contributed by atoms with Gasteiger partial charge in [0.1, 0.15) is 6.33 Å². The second-order valence-corrected chi connectivity index (χ2v) is 7.07. The molecule has 3 aromatic rings. The Morgan fingerprint density at radius 3 is 2.50 bits per heavy atom. The summed E-state index contributed by atoms with van der Waals surface area (Å²) in [6.45, 7) is 0. The Labute approximate surface area is 138 Å². The zero-order chi connectivity index (χ0) is 17.2. The van der Waals surface area contributed by atoms with Crippen molar-refractivity contribution in [2.45, 2.75) is 4.90 Å². The number of hydrogen-bond donors (Lipinski definition) is 1. The van der Waals surface area contributed by atoms with Crippen LogP contribution in [-0.4, -0.2) is 40.8 Å². The Balaban J connectivity index is 1.79. The van der Waals surface area contributed by atoms with Gasteiger partial charge in [0.2, 0.25) is 0 Å². The molecule has 0 aliphatic rings. The molecule has 1 aromatic heterocycles. The fraction of sp³-hybridized carbons (Fsp3) is 0.0667. The topological polar surface area (TPSA) is 107 Å². The van der Waals surface area contributed by atoms with Gasteiger partial charge in [0.05, 0.1) is 10.6 Å². The number of carbonyl (C=O) groups excluding carboxylic acids is 1. The average molecular weight is 343 g/mol. The predicted octanol–water partition coefficient (Wildman–Crippen LogP) is 1.32. The second-order valence-electron chi connectivity index (χ2n) is 5.06. The molecule has 0 spiro atoms. The third-order valence-corrected chi connectivity index (χ3v) is 4.39. The molecular weight excluding hydrogens is 330 g/mol. The van der Waals surface area contributed by atoms with E-state index in [1.54, 1.807) is 24.3 Å². The average Bonchev–Trinajstić information content (AvgIpc) is 3.09. The van der Waals surface area contributed by atoms with Crippen LogP contribution in [0.1, 0.15) is 10.4 Å². The van der Waals surface area contributed by atoms with E-state index in [9.17, 15) is 13.2 Å². The molecule has 3 rings (SSSR count). The number of carbonyl (C=O) groups is 1. The molecule has 122 valence electrons. The number of benzene rings is 2. The number of aromatic nitrogens is 4. The summed E-state index contributed by atoms with van der Waals surface area (Å²) in [5.74, 6) is -0.344. The molecule has 1 heterocycles. The zero-order valence-corrected chi connectivity index (χ0v) is 13.4. The lowest BCUT2D eigenvalue weighted by Gasteiger charge is -2.07. The number of nitrogens with one attached hydrogen (secondary N) is 1. The molecule has 0 unspecified atom stereocenters. The van der Waals surface area contributed by atoms with Crippen LogP contribution < -0.4 is 5.32 Å². The predicted molar refractivity (Wildman–Crippen MR) is 86.7 cm³/mol. The van der Waals surface area contributed by atoms with E-state index in [1.807, 2.05) is 0 Å². The van der Waals surface area contributed by atoms with E-state index < -0.39 is 9.84 Å². The summed E-state index contributed by atoms with van der Waals surface area (Å²) < 4.78 is 24.3. The maximum Gasteiger partial charge on any atom is 0.255 e. The Hall–Kier alpha value is -3.07. The quantitative estimate of drug-likeness (QED) is 0.765. The maximum absolute atomic E-state index is 12.3. The molecule has 1 amide bonds. The monoisotopic (exact) mass is 343 g/mol. The van der Waals surface area contributed by atoms with Crippen molar-refractivity contribution in [1.29, 1.82) is 0 Å². The number of amides is 1. The van der Waals surface area contributed by atoms with E-state index in [4.69, 9.17) is 0 Å². The molecule has 0 radical (unpaired) electrons. The fourth-order valence-corrected chi connectivity index (χ4v) is 2.69. The van der Waals surface area contributed by atoms with Crippen LogP contribution in [0.3, 0.4) is 0 Å². The van der Waals surface area contributed by atoms with Gasteiger partial charge in [-0.15, -0.1) is 5.10 Å². The number of nitrogens with zero attached hydrogens (tertiary/aromatic N) is 4. The molecular formula is C15H13N5O3S. The SMILES string of the molecule is CS(=O)(=O)c1ccc(C(=O)Nc2cccc(-n3cnnn3)c2)cc1. The van der Waals surface area contributed by atoms with Crippen molar-refractivity contribution in [2.75, 3.05) is 11.6 Å². The highest BCUT2D eigenvalue weighted by Gasteiger charge is 2.10. The van der Waals surface area contributed by atoms with Gasteiger partial charge < -0.3 is 5.32 Å². The summed E-state index contributed by atoms with van der Waals surface area (Å²) in [5, 5.41) is 13.7. The largest absolute Gasteiger partial charge is 0.322 e. The number of hydrogen-bond acceptors (Lipinski definition) is 6. The van der Waals surface area contributed by atoms with Gasteiger partial charge in [-0.25, -0.2) is 13.1 Å². The molecule has 0 atom stereocenters. The van der Waals surface area contributed by atoms with Crippen molar-refractivity contribution >= 4 is 21.4 Å². The van der Waals surface area contributed by atoms with Gasteiger partial charge in [-0.3, -0.25) is 4.79 Å². The molecule has 8 nitrogen and oxygen atoms in total. The molecule has 0 saturated carbocycles. The molecule has 0 saturated heterocycles. The number of anilines is 1. The van der Waals surface area contributed by atoms with Gasteiger partial charge in [-0.05, 0) is 52.9 Å². The van der Waals surface area contributed by atoms with E-state index in [0.717, 1.165) is 6.26 Å². The first-order valence-electron chi connectivity index (χ1n) is 6.88. The Morgan fingerprint density at radius 2 is 1.88 bits per heavy atom. The summed E-state index contributed by atoms with van der Waals surface area (Å²) >= 11 is 0. The summed E-state index contributed by atoms with van der Waals surface area (Å²) in [7, 11) is -3.29. The van der Waals surface area contributed by atoms with Gasteiger partial charge in [0, 0.05) is 17.5 Å². The third kappa shape index (κ3) is 3.46. The molecule has 9 heteroatoms. The summed E-state index contributed by atoms with van der Waals surface area (Å²) in [5.41, 5.74) is 1.63. The number of sulfone groups is 1. The van der Waals surface area contributed by atoms with Crippen LogP contribution >= 0.6 is 0 Å². The standard InChI is InChI=1S/C15H13N5O3S/c1-24(22,23)14-7-5-11(6-8-14)15(21)17-12-3-2-4-13(9-12)20-10-16-18-19-20/h2-10H,1H3,(H,17,21). The first-order valence-corrected chi connectivity index (χ1v) is 8.77. The minimum absolute atomic E-state index is 0.166. The first-order chi connectivity index (χ1) is 11.4. The van der Waals surface area contributed by atoms with E-state index in [0.29, 0.717) is 16.9 Å². The summed E-state index contributed by atoms with van der Waals surface area (Å²) in [6, 6.07) is 12.8. The first kappa shape index (κ1) is 15.8. The Morgan fingerprint density at radius 1 is 1.12 bits per heavy atom. The second kappa shape index (κ2) is 6.20. The van der Waals surface area contributed by atoms with Gasteiger partial charge in [-0.2, -0.15) is 0 Å². The lowest BCUT2D eigenvalue weighted by atomic mass is 10.2. The zero-order valence-electron chi connectivity index (χ0n) is 12.6. The lowest BCUT2D eigenvalue weighted by molar-refractivity contribution is 0.102. The molecule has 1 N–H and O–H groups in total. The van der Waals surface area contributed by atoms with Crippen molar-refractivity contribution in [3.63, 3.8) is 0 Å². The van der Waals surface area contributed by atoms with Crippen molar-refractivity contribution in [1.82, 2.24) is 20.2 Å². The van der Waals surface area contributed by atoms with Crippen LogP contribution in [0.2, 0.25) is 0 Å². The lowest BCUT2D eigenvalue weighted by Crippen LogP contribution is -2.12. The fourth-order valence-electron chi connectivity index (χ4n) is 2.06. The molecule has 0 aliphatic carbocycles. The maximum atomic E-state index is 12.3. The van der Waals surface area contributed by atoms with Crippen molar-refractivity contribution in [3.05, 3.63) is 60.4 Å². The van der Waals surface area contributed by atoms with E-state index >= 15 is 0 Å². The highest BCUT2D eigenvalue weighted by molar-refractivity contribution is 7.90. The Bertz CT molecular complexity index is 967. The highest BCUT2D eigenvalue weighted by Crippen LogP contribution is 2.16. The van der Waals surface area contributed by atoms with Crippen LogP contribution in [0.4, 0.5) is 5.69 Å². The van der Waals surface area contributed by atoms with Crippen LogP contribution in [0.15, 0.2) is 59.8 Å². The molecule has 0 bridgehead atoms. The van der Waals surface area contributed by atoms with Gasteiger partial charge in [-0.1, -0.05) is 6.07 Å². The third-order valence-electron chi connectivity index (χ3n) is 3.26. The van der Waals surface area contributed by atoms with E-state index in [-0.39, 0.29) is 10.8 Å². The van der Waals surface area contributed by atoms with Crippen molar-refractivity contribution in [3.8, 4) is 5.69 Å². The van der Waals surface area contributed by atoms with Crippen LogP contribution in [-0.2, 0) is 9.84 Å². The van der Waals surface area contributed by atoms with Crippen LogP contribution in [0, 0.1) is 0 Å². The normalized spacial score (nSPS) is 11.2. The summed E-state index contributed by atoms with van der Waals surface area (Å²) in [6.07, 6.45) is 2.57. The smallest absolute Gasteiger partial charge is 0.255 e. The van der Waals surface area contributed by atoms with Crippen molar-refractivity contribution < 1.29 is 13.2 Å². The molecule has 24 heavy (non-hydrogen) atoms. The minimum atomic E-state index is -3.29. The highest BCUT2D eigenvalue weighted by atomic mass is 32.2. The number of rotatable bonds is 4. The van der Waals surface area contributed by atoms with E-state index in [1.165, 1.54) is 35.3 Å². The van der Waals surface area contributed by atoms with Crippen molar-refractivity contribution in [2.24, 2.45) is 0 Å². The minimum Gasteiger partial charge on any atom is -0.322 e. The molecule has 2 aromatic carbocycles. The van der Waals surface area contributed by atoms with E-state index in [2.05, 4.69) is 20.8 Å². The molecule has 0 aliphatic heterocycles. The summed E-state index contributed by atoms with van der Waals surface area (Å²) in [4.78, 5) is 12.4. The van der Waals surface area contributed by atoms with Crippen LogP contribution in [0.25, 0.3) is 5.69 Å². The molecule has 0 fully saturated rings. The van der Waals surface area contributed by atoms with Gasteiger partial charge in [0.25, 0.3) is 5.91 Å². The number of tetrazole rings is 1. The van der Waals surface area contributed by atoms with Gasteiger partial charge in [0.15, 0.2) is 9.84 Å².